The summed E-state index contributed by atoms with van der Waals surface area (Å²) in [7, 11) is 2.13. The first-order chi connectivity index (χ1) is 17.8. The molecule has 0 amide bonds. The van der Waals surface area contributed by atoms with Gasteiger partial charge in [0.05, 0.1) is 22.5 Å². The van der Waals surface area contributed by atoms with Crippen LogP contribution in [0.15, 0.2) is 78.9 Å². The molecule has 1 aliphatic rings. The van der Waals surface area contributed by atoms with Crippen molar-refractivity contribution in [3.63, 3.8) is 0 Å². The summed E-state index contributed by atoms with van der Waals surface area (Å²) in [6.07, 6.45) is -5.40. The third-order valence-corrected chi connectivity index (χ3v) is 6.77. The van der Waals surface area contributed by atoms with Crippen molar-refractivity contribution in [2.45, 2.75) is 18.9 Å². The van der Waals surface area contributed by atoms with Crippen LogP contribution in [0, 0.1) is 0 Å². The van der Waals surface area contributed by atoms with E-state index in [0.29, 0.717) is 22.5 Å². The zero-order chi connectivity index (χ0) is 26.0. The molecule has 0 saturated carbocycles. The van der Waals surface area contributed by atoms with E-state index in [1.54, 1.807) is 12.1 Å². The van der Waals surface area contributed by atoms with Gasteiger partial charge in [-0.3, -0.25) is 4.90 Å². The lowest BCUT2D eigenvalue weighted by atomic mass is 10.1. The molecular formula is C29H29F3N4O. The van der Waals surface area contributed by atoms with Crippen LogP contribution >= 0.6 is 0 Å². The van der Waals surface area contributed by atoms with Gasteiger partial charge in [0.25, 0.3) is 0 Å². The first kappa shape index (κ1) is 25.2. The van der Waals surface area contributed by atoms with Crippen molar-refractivity contribution in [3.8, 4) is 11.3 Å². The van der Waals surface area contributed by atoms with Gasteiger partial charge in [-0.05, 0) is 36.9 Å². The van der Waals surface area contributed by atoms with Gasteiger partial charge in [-0.25, -0.2) is 4.98 Å². The van der Waals surface area contributed by atoms with Crippen molar-refractivity contribution >= 4 is 16.6 Å². The van der Waals surface area contributed by atoms with Crippen LogP contribution in [-0.4, -0.2) is 53.1 Å². The Hall–Kier alpha value is -3.46. The van der Waals surface area contributed by atoms with Crippen molar-refractivity contribution in [1.29, 1.82) is 0 Å². The molecule has 3 aromatic carbocycles. The maximum absolute atomic E-state index is 13.2. The minimum absolute atomic E-state index is 0.378. The maximum Gasteiger partial charge on any atom is 0.416 e. The van der Waals surface area contributed by atoms with Gasteiger partial charge >= 0.3 is 6.18 Å². The highest BCUT2D eigenvalue weighted by Gasteiger charge is 2.30. The topological polar surface area (TPSA) is 51.6 Å². The summed E-state index contributed by atoms with van der Waals surface area (Å²) in [5, 5.41) is 15.0. The molecule has 1 aliphatic heterocycles. The highest BCUT2D eigenvalue weighted by Crippen LogP contribution is 2.33. The smallest absolute Gasteiger partial charge is 0.369 e. The van der Waals surface area contributed by atoms with Crippen molar-refractivity contribution in [1.82, 2.24) is 14.8 Å². The molecule has 0 aliphatic carbocycles. The first-order valence-electron chi connectivity index (χ1n) is 12.3. The van der Waals surface area contributed by atoms with E-state index in [1.165, 1.54) is 6.07 Å². The van der Waals surface area contributed by atoms with Crippen LogP contribution in [-0.2, 0) is 12.7 Å². The van der Waals surface area contributed by atoms with Crippen molar-refractivity contribution in [2.24, 2.45) is 0 Å². The zero-order valence-electron chi connectivity index (χ0n) is 20.5. The lowest BCUT2D eigenvalue weighted by Gasteiger charge is -2.32. The van der Waals surface area contributed by atoms with Crippen LogP contribution in [0.1, 0.15) is 22.9 Å². The molecule has 37 heavy (non-hydrogen) atoms. The number of pyridine rings is 1. The summed E-state index contributed by atoms with van der Waals surface area (Å²) in [4.78, 5) is 9.39. The second kappa shape index (κ2) is 10.5. The van der Waals surface area contributed by atoms with E-state index in [0.717, 1.165) is 61.4 Å². The Morgan fingerprint density at radius 3 is 2.46 bits per heavy atom. The Morgan fingerprint density at radius 2 is 1.68 bits per heavy atom. The van der Waals surface area contributed by atoms with Gasteiger partial charge in [-0.2, -0.15) is 13.2 Å². The second-order valence-electron chi connectivity index (χ2n) is 9.52. The summed E-state index contributed by atoms with van der Waals surface area (Å²) in [5.74, 6) is 0. The van der Waals surface area contributed by atoms with Crippen molar-refractivity contribution < 1.29 is 18.3 Å². The van der Waals surface area contributed by atoms with E-state index >= 15 is 0 Å². The third-order valence-electron chi connectivity index (χ3n) is 6.77. The summed E-state index contributed by atoms with van der Waals surface area (Å²) >= 11 is 0. The molecule has 4 aromatic rings. The molecule has 192 valence electrons. The van der Waals surface area contributed by atoms with Gasteiger partial charge < -0.3 is 15.3 Å². The van der Waals surface area contributed by atoms with E-state index in [-0.39, 0.29) is 0 Å². The Bertz CT molecular complexity index is 1380. The number of halogens is 3. The summed E-state index contributed by atoms with van der Waals surface area (Å²) in [6.45, 7) is 4.93. The first-order valence-corrected chi connectivity index (χ1v) is 12.3. The SMILES string of the molecule is CN1CCN(Cc2cccc(C(O)Nc3cccc4ccc(-c5cccc(C(F)(F)F)c5)nc34)c2)CC1. The summed E-state index contributed by atoms with van der Waals surface area (Å²) in [5.41, 5.74) is 3.13. The molecule has 1 unspecified atom stereocenters. The van der Waals surface area contributed by atoms with E-state index in [4.69, 9.17) is 0 Å². The van der Waals surface area contributed by atoms with E-state index in [1.807, 2.05) is 42.5 Å². The molecule has 1 saturated heterocycles. The van der Waals surface area contributed by atoms with Crippen LogP contribution in [0.5, 0.6) is 0 Å². The average Bonchev–Trinajstić information content (AvgIpc) is 2.90. The quantitative estimate of drug-likeness (QED) is 0.325. The largest absolute Gasteiger partial charge is 0.416 e. The van der Waals surface area contributed by atoms with E-state index in [2.05, 4.69) is 33.2 Å². The molecule has 5 rings (SSSR count). The number of para-hydroxylation sites is 1. The minimum Gasteiger partial charge on any atom is -0.369 e. The predicted octanol–water partition coefficient (Wildman–Crippen LogP) is 5.77. The number of fused-ring (bicyclic) bond motifs is 1. The molecule has 2 N–H and O–H groups in total. The van der Waals surface area contributed by atoms with Crippen LogP contribution in [0.3, 0.4) is 0 Å². The van der Waals surface area contributed by atoms with Gasteiger partial charge in [-0.15, -0.1) is 0 Å². The fourth-order valence-electron chi connectivity index (χ4n) is 4.64. The number of benzene rings is 3. The number of aromatic nitrogens is 1. The molecule has 0 radical (unpaired) electrons. The minimum atomic E-state index is -4.43. The Kier molecular flexibility index (Phi) is 7.15. The van der Waals surface area contributed by atoms with Crippen LogP contribution in [0.2, 0.25) is 0 Å². The van der Waals surface area contributed by atoms with Crippen LogP contribution < -0.4 is 5.32 Å². The standard InChI is InChI=1S/C29H29F3N4O/c1-35-13-15-36(16-14-35)19-20-5-2-8-23(17-20)28(37)34-26-10-4-6-21-11-12-25(33-27(21)26)22-7-3-9-24(18-22)29(30,31)32/h2-12,17-18,28,34,37H,13-16,19H2,1H3. The third kappa shape index (κ3) is 5.93. The fourth-order valence-corrected chi connectivity index (χ4v) is 4.64. The summed E-state index contributed by atoms with van der Waals surface area (Å²) in [6, 6.07) is 22.1. The second-order valence-corrected chi connectivity index (χ2v) is 9.52. The lowest BCUT2D eigenvalue weighted by Crippen LogP contribution is -2.43. The van der Waals surface area contributed by atoms with Gasteiger partial charge in [0.15, 0.2) is 6.23 Å². The number of alkyl halides is 3. The molecule has 8 heteroatoms. The number of aliphatic hydroxyl groups excluding tert-OH is 1. The molecule has 1 aromatic heterocycles. The number of hydrogen-bond acceptors (Lipinski definition) is 5. The maximum atomic E-state index is 13.2. The monoisotopic (exact) mass is 506 g/mol. The molecule has 1 atom stereocenters. The molecule has 1 fully saturated rings. The Balaban J connectivity index is 1.38. The normalized spacial score (nSPS) is 16.1. The van der Waals surface area contributed by atoms with E-state index in [9.17, 15) is 18.3 Å². The van der Waals surface area contributed by atoms with Gasteiger partial charge in [0, 0.05) is 49.2 Å². The molecular weight excluding hydrogens is 477 g/mol. The Labute approximate surface area is 214 Å². The summed E-state index contributed by atoms with van der Waals surface area (Å²) < 4.78 is 39.7. The number of likely N-dealkylation sites (N-methyl/N-ethyl adjacent to an activating group) is 1. The zero-order valence-corrected chi connectivity index (χ0v) is 20.5. The fraction of sp³-hybridized carbons (Fsp3) is 0.276. The highest BCUT2D eigenvalue weighted by molar-refractivity contribution is 5.92. The van der Waals surface area contributed by atoms with Crippen LogP contribution in [0.4, 0.5) is 18.9 Å². The number of piperazine rings is 1. The number of aliphatic hydroxyl groups is 1. The van der Waals surface area contributed by atoms with E-state index < -0.39 is 18.0 Å². The van der Waals surface area contributed by atoms with Gasteiger partial charge in [0.2, 0.25) is 0 Å². The van der Waals surface area contributed by atoms with Crippen molar-refractivity contribution in [2.75, 3.05) is 38.5 Å². The van der Waals surface area contributed by atoms with Gasteiger partial charge in [-0.1, -0.05) is 54.6 Å². The van der Waals surface area contributed by atoms with Crippen LogP contribution in [0.25, 0.3) is 22.2 Å². The predicted molar refractivity (Wildman–Crippen MR) is 140 cm³/mol. The number of nitrogens with zero attached hydrogens (tertiary/aromatic N) is 3. The highest BCUT2D eigenvalue weighted by atomic mass is 19.4. The molecule has 2 heterocycles. The van der Waals surface area contributed by atoms with Gasteiger partial charge in [0.1, 0.15) is 0 Å². The lowest BCUT2D eigenvalue weighted by molar-refractivity contribution is -0.137. The number of anilines is 1. The molecule has 0 bridgehead atoms. The Morgan fingerprint density at radius 1 is 0.919 bits per heavy atom. The molecule has 5 nitrogen and oxygen atoms in total. The van der Waals surface area contributed by atoms with Crippen molar-refractivity contribution in [3.05, 3.63) is 95.6 Å². The number of hydrogen-bond donors (Lipinski definition) is 2. The number of nitrogens with one attached hydrogen (secondary N) is 1. The number of rotatable bonds is 6. The average molecular weight is 507 g/mol. The molecule has 0 spiro atoms.